The highest BCUT2D eigenvalue weighted by Gasteiger charge is 1.94. The third-order valence-corrected chi connectivity index (χ3v) is 2.78. The lowest BCUT2D eigenvalue weighted by atomic mass is 10.0. The molecule has 114 valence electrons. The smallest absolute Gasteiger partial charge is 0.0195 e. The predicted molar refractivity (Wildman–Crippen MR) is 94.0 cm³/mol. The number of benzene rings is 1. The van der Waals surface area contributed by atoms with Gasteiger partial charge < -0.3 is 5.73 Å². The van der Waals surface area contributed by atoms with E-state index in [4.69, 9.17) is 0 Å². The molecule has 0 fully saturated rings. The van der Waals surface area contributed by atoms with Gasteiger partial charge in [-0.3, -0.25) is 0 Å². The lowest BCUT2D eigenvalue weighted by Gasteiger charge is -2.02. The van der Waals surface area contributed by atoms with Crippen molar-refractivity contribution in [1.82, 2.24) is 0 Å². The van der Waals surface area contributed by atoms with E-state index in [1.54, 1.807) is 0 Å². The van der Waals surface area contributed by atoms with Gasteiger partial charge in [0.1, 0.15) is 0 Å². The maximum Gasteiger partial charge on any atom is -0.0195 e. The lowest BCUT2D eigenvalue weighted by molar-refractivity contribution is 0.736. The summed E-state index contributed by atoms with van der Waals surface area (Å²) in [5, 5.41) is 0. The van der Waals surface area contributed by atoms with Crippen LogP contribution in [0.25, 0.3) is 0 Å². The van der Waals surface area contributed by atoms with Crippen LogP contribution in [0.3, 0.4) is 0 Å². The van der Waals surface area contributed by atoms with Crippen molar-refractivity contribution in [3.8, 4) is 0 Å². The van der Waals surface area contributed by atoms with Crippen LogP contribution < -0.4 is 5.73 Å². The summed E-state index contributed by atoms with van der Waals surface area (Å²) < 4.78 is 0. The number of unbranched alkanes of at least 4 members (excludes halogenated alkanes) is 1. The minimum absolute atomic E-state index is 1.20. The van der Waals surface area contributed by atoms with Crippen molar-refractivity contribution in [3.63, 3.8) is 0 Å². The van der Waals surface area contributed by atoms with E-state index in [9.17, 15) is 0 Å². The molecule has 0 radical (unpaired) electrons. The van der Waals surface area contributed by atoms with Crippen molar-refractivity contribution in [1.29, 1.82) is 0 Å². The first kappa shape index (κ1) is 21.0. The van der Waals surface area contributed by atoms with Gasteiger partial charge in [0.15, 0.2) is 0 Å². The van der Waals surface area contributed by atoms with Crippen LogP contribution >= 0.6 is 0 Å². The molecule has 0 unspecified atom stereocenters. The first-order valence-electron chi connectivity index (χ1n) is 7.76. The van der Waals surface area contributed by atoms with E-state index in [1.807, 2.05) is 13.8 Å². The normalized spacial score (nSPS) is 10.4. The van der Waals surface area contributed by atoms with E-state index >= 15 is 0 Å². The topological polar surface area (TPSA) is 26.0 Å². The van der Waals surface area contributed by atoms with Gasteiger partial charge in [-0.25, -0.2) is 0 Å². The highest BCUT2D eigenvalue weighted by Crippen LogP contribution is 2.11. The van der Waals surface area contributed by atoms with Crippen LogP contribution in [0.2, 0.25) is 0 Å². The number of rotatable bonds is 6. The van der Waals surface area contributed by atoms with E-state index in [0.717, 1.165) is 0 Å². The van der Waals surface area contributed by atoms with Crippen LogP contribution in [0.5, 0.6) is 0 Å². The third-order valence-electron chi connectivity index (χ3n) is 2.78. The molecule has 0 aromatic heterocycles. The van der Waals surface area contributed by atoms with Gasteiger partial charge in [-0.15, -0.1) is 0 Å². The quantitative estimate of drug-likeness (QED) is 0.536. The second kappa shape index (κ2) is 17.7. The summed E-state index contributed by atoms with van der Waals surface area (Å²) in [6.45, 7) is 8.19. The molecule has 20 heavy (non-hydrogen) atoms. The van der Waals surface area contributed by atoms with Gasteiger partial charge in [0.25, 0.3) is 0 Å². The number of allylic oxidation sites excluding steroid dienone is 4. The average Bonchev–Trinajstić information content (AvgIpc) is 2.55. The molecule has 0 aliphatic heterocycles. The minimum atomic E-state index is 1.20. The molecule has 1 aromatic rings. The van der Waals surface area contributed by atoms with Crippen molar-refractivity contribution in [2.24, 2.45) is 5.73 Å². The Morgan fingerprint density at radius 3 is 2.10 bits per heavy atom. The molecular formula is C19H33N. The summed E-state index contributed by atoms with van der Waals surface area (Å²) in [5.41, 5.74) is 7.41. The molecule has 0 spiro atoms. The molecule has 0 bridgehead atoms. The number of aryl methyl sites for hydroxylation is 1. The highest BCUT2D eigenvalue weighted by molar-refractivity contribution is 5.17. The monoisotopic (exact) mass is 275 g/mol. The van der Waals surface area contributed by atoms with Crippen molar-refractivity contribution >= 4 is 0 Å². The molecule has 2 N–H and O–H groups in total. The Kier molecular flexibility index (Phi) is 18.5. The molecule has 1 heteroatoms. The summed E-state index contributed by atoms with van der Waals surface area (Å²) in [5.74, 6) is 0. The fraction of sp³-hybridized carbons (Fsp3) is 0.474. The summed E-state index contributed by atoms with van der Waals surface area (Å²) in [7, 11) is 1.50. The van der Waals surface area contributed by atoms with Gasteiger partial charge in [0, 0.05) is 0 Å². The Bertz CT molecular complexity index is 336. The SMILES string of the molecule is C/C=C\C(=C/C)CCCCc1ccccc1.CC.CN. The third kappa shape index (κ3) is 11.7. The zero-order chi connectivity index (χ0) is 15.6. The zero-order valence-electron chi connectivity index (χ0n) is 14.0. The molecule has 0 aliphatic rings. The van der Waals surface area contributed by atoms with E-state index < -0.39 is 0 Å². The summed E-state index contributed by atoms with van der Waals surface area (Å²) in [4.78, 5) is 0. The Hall–Kier alpha value is -1.34. The average molecular weight is 275 g/mol. The van der Waals surface area contributed by atoms with E-state index in [0.29, 0.717) is 0 Å². The summed E-state index contributed by atoms with van der Waals surface area (Å²) in [6.07, 6.45) is 11.5. The van der Waals surface area contributed by atoms with Crippen molar-refractivity contribution in [3.05, 3.63) is 59.7 Å². The van der Waals surface area contributed by atoms with Gasteiger partial charge in [0.2, 0.25) is 0 Å². The summed E-state index contributed by atoms with van der Waals surface area (Å²) in [6, 6.07) is 10.7. The molecular weight excluding hydrogens is 242 g/mol. The second-order valence-electron chi connectivity index (χ2n) is 4.06. The molecule has 1 nitrogen and oxygen atoms in total. The summed E-state index contributed by atoms with van der Waals surface area (Å²) >= 11 is 0. The van der Waals surface area contributed by atoms with Gasteiger partial charge in [-0.2, -0.15) is 0 Å². The lowest BCUT2D eigenvalue weighted by Crippen LogP contribution is -1.86. The minimum Gasteiger partial charge on any atom is -0.333 e. The maximum atomic E-state index is 4.50. The van der Waals surface area contributed by atoms with Crippen LogP contribution in [0, 0.1) is 0 Å². The highest BCUT2D eigenvalue weighted by atomic mass is 14.4. The van der Waals surface area contributed by atoms with E-state index in [-0.39, 0.29) is 0 Å². The Labute approximate surface area is 126 Å². The zero-order valence-corrected chi connectivity index (χ0v) is 14.0. The molecule has 1 aromatic carbocycles. The molecule has 0 atom stereocenters. The molecule has 0 aliphatic carbocycles. The largest absolute Gasteiger partial charge is 0.333 e. The van der Waals surface area contributed by atoms with Crippen molar-refractivity contribution < 1.29 is 0 Å². The molecule has 0 amide bonds. The van der Waals surface area contributed by atoms with Crippen LogP contribution in [0.4, 0.5) is 0 Å². The molecule has 0 saturated carbocycles. The fourth-order valence-corrected chi connectivity index (χ4v) is 1.84. The second-order valence-corrected chi connectivity index (χ2v) is 4.06. The van der Waals surface area contributed by atoms with E-state index in [2.05, 4.69) is 68.1 Å². The Balaban J connectivity index is 0. The van der Waals surface area contributed by atoms with Crippen LogP contribution in [0.1, 0.15) is 52.5 Å². The maximum absolute atomic E-state index is 4.50. The first-order valence-corrected chi connectivity index (χ1v) is 7.76. The standard InChI is InChI=1S/C16H22.C2H6.CH5N/c1-3-10-15(4-2)11-8-9-14-16-12-6-5-7-13-16;2*1-2/h3-7,10,12-13H,8-9,11,14H2,1-2H3;1-2H3;2H2,1H3/b10-3-,15-4+;;. The van der Waals surface area contributed by atoms with Gasteiger partial charge in [0.05, 0.1) is 0 Å². The van der Waals surface area contributed by atoms with Gasteiger partial charge in [-0.1, -0.05) is 68.0 Å². The predicted octanol–water partition coefficient (Wildman–Crippen LogP) is 5.52. The van der Waals surface area contributed by atoms with Gasteiger partial charge in [-0.05, 0) is 52.1 Å². The molecule has 0 saturated heterocycles. The first-order chi connectivity index (χ1) is 9.86. The van der Waals surface area contributed by atoms with Crippen molar-refractivity contribution in [2.75, 3.05) is 7.05 Å². The Morgan fingerprint density at radius 1 is 1.00 bits per heavy atom. The molecule has 0 heterocycles. The molecule has 1 rings (SSSR count). The van der Waals surface area contributed by atoms with Crippen LogP contribution in [-0.4, -0.2) is 7.05 Å². The number of hydrogen-bond acceptors (Lipinski definition) is 1. The van der Waals surface area contributed by atoms with Crippen LogP contribution in [-0.2, 0) is 6.42 Å². The fourth-order valence-electron chi connectivity index (χ4n) is 1.84. The number of nitrogens with two attached hydrogens (primary N) is 1. The van der Waals surface area contributed by atoms with Crippen molar-refractivity contribution in [2.45, 2.75) is 53.4 Å². The number of hydrogen-bond donors (Lipinski definition) is 1. The van der Waals surface area contributed by atoms with E-state index in [1.165, 1.54) is 43.9 Å². The van der Waals surface area contributed by atoms with Crippen LogP contribution in [0.15, 0.2) is 54.1 Å². The van der Waals surface area contributed by atoms with Gasteiger partial charge >= 0.3 is 0 Å². The Morgan fingerprint density at radius 2 is 1.60 bits per heavy atom.